The second-order valence-electron chi connectivity index (χ2n) is 3.99. The van der Waals surface area contributed by atoms with Gasteiger partial charge in [0.1, 0.15) is 5.69 Å². The van der Waals surface area contributed by atoms with Gasteiger partial charge in [0.25, 0.3) is 5.91 Å². The third-order valence-corrected chi connectivity index (χ3v) is 2.70. The average Bonchev–Trinajstić information content (AvgIpc) is 2.81. The van der Waals surface area contributed by atoms with Crippen LogP contribution in [0.1, 0.15) is 17.4 Å². The minimum atomic E-state index is -0.0828. The number of morpholine rings is 1. The van der Waals surface area contributed by atoms with Gasteiger partial charge in [-0.05, 0) is 13.0 Å². The molecule has 2 atom stereocenters. The standard InChI is InChI=1S/C10H16N4O2/c1-7(11)9-6-14(4-5-16-9)10(15)8-2-3-12-13-8/h2-3,7,9H,4-6,11H2,1H3,(H,12,13). The van der Waals surface area contributed by atoms with Crippen molar-refractivity contribution in [3.05, 3.63) is 18.0 Å². The van der Waals surface area contributed by atoms with Crippen LogP contribution in [0.5, 0.6) is 0 Å². The number of hydrogen-bond donors (Lipinski definition) is 2. The smallest absolute Gasteiger partial charge is 0.272 e. The largest absolute Gasteiger partial charge is 0.373 e. The molecule has 0 saturated carbocycles. The van der Waals surface area contributed by atoms with E-state index >= 15 is 0 Å². The summed E-state index contributed by atoms with van der Waals surface area (Å²) in [5, 5.41) is 6.43. The molecular formula is C10H16N4O2. The van der Waals surface area contributed by atoms with Crippen LogP contribution in [0.15, 0.2) is 12.3 Å². The molecule has 2 heterocycles. The lowest BCUT2D eigenvalue weighted by Crippen LogP contribution is -2.51. The Kier molecular flexibility index (Phi) is 3.21. The summed E-state index contributed by atoms with van der Waals surface area (Å²) in [7, 11) is 0. The van der Waals surface area contributed by atoms with Crippen LogP contribution in [0.4, 0.5) is 0 Å². The number of carbonyl (C=O) groups is 1. The van der Waals surface area contributed by atoms with Crippen LogP contribution in [-0.2, 0) is 4.74 Å². The van der Waals surface area contributed by atoms with Crippen molar-refractivity contribution in [3.63, 3.8) is 0 Å². The number of nitrogens with one attached hydrogen (secondary N) is 1. The Hall–Kier alpha value is -1.40. The predicted molar refractivity (Wildman–Crippen MR) is 57.9 cm³/mol. The molecule has 2 rings (SSSR count). The first-order valence-corrected chi connectivity index (χ1v) is 5.34. The number of hydrogen-bond acceptors (Lipinski definition) is 4. The quantitative estimate of drug-likeness (QED) is 0.715. The van der Waals surface area contributed by atoms with Crippen LogP contribution in [0.25, 0.3) is 0 Å². The van der Waals surface area contributed by atoms with Crippen molar-refractivity contribution in [2.24, 2.45) is 5.73 Å². The van der Waals surface area contributed by atoms with Crippen LogP contribution in [0.3, 0.4) is 0 Å². The van der Waals surface area contributed by atoms with Gasteiger partial charge in [0.2, 0.25) is 0 Å². The third-order valence-electron chi connectivity index (χ3n) is 2.70. The number of H-pyrrole nitrogens is 1. The Morgan fingerprint density at radius 2 is 2.62 bits per heavy atom. The molecule has 6 nitrogen and oxygen atoms in total. The molecule has 2 unspecified atom stereocenters. The van der Waals surface area contributed by atoms with E-state index in [2.05, 4.69) is 10.2 Å². The maximum atomic E-state index is 12.0. The molecule has 88 valence electrons. The number of nitrogens with two attached hydrogens (primary N) is 1. The molecule has 0 bridgehead atoms. The Bertz CT molecular complexity index is 350. The van der Waals surface area contributed by atoms with E-state index in [1.165, 1.54) is 0 Å². The van der Waals surface area contributed by atoms with Crippen LogP contribution in [-0.4, -0.2) is 52.8 Å². The summed E-state index contributed by atoms with van der Waals surface area (Å²) < 4.78 is 5.49. The zero-order chi connectivity index (χ0) is 11.5. The van der Waals surface area contributed by atoms with Crippen LogP contribution >= 0.6 is 0 Å². The van der Waals surface area contributed by atoms with Crippen LogP contribution < -0.4 is 5.73 Å². The van der Waals surface area contributed by atoms with E-state index in [0.717, 1.165) is 0 Å². The Morgan fingerprint density at radius 3 is 3.25 bits per heavy atom. The lowest BCUT2D eigenvalue weighted by Gasteiger charge is -2.34. The van der Waals surface area contributed by atoms with Crippen molar-refractivity contribution in [3.8, 4) is 0 Å². The van der Waals surface area contributed by atoms with E-state index in [1.807, 2.05) is 6.92 Å². The van der Waals surface area contributed by atoms with E-state index in [0.29, 0.717) is 25.4 Å². The molecule has 3 N–H and O–H groups in total. The Labute approximate surface area is 93.8 Å². The van der Waals surface area contributed by atoms with Gasteiger partial charge in [0, 0.05) is 25.3 Å². The first-order valence-electron chi connectivity index (χ1n) is 5.34. The van der Waals surface area contributed by atoms with Crippen molar-refractivity contribution < 1.29 is 9.53 Å². The fourth-order valence-corrected chi connectivity index (χ4v) is 1.72. The SMILES string of the molecule is CC(N)C1CN(C(=O)c2ccn[nH]2)CCO1. The first-order chi connectivity index (χ1) is 7.68. The van der Waals surface area contributed by atoms with Crippen molar-refractivity contribution in [1.29, 1.82) is 0 Å². The topological polar surface area (TPSA) is 84.2 Å². The fraction of sp³-hybridized carbons (Fsp3) is 0.600. The second kappa shape index (κ2) is 4.63. The average molecular weight is 224 g/mol. The number of nitrogens with zero attached hydrogens (tertiary/aromatic N) is 2. The highest BCUT2D eigenvalue weighted by Crippen LogP contribution is 2.10. The lowest BCUT2D eigenvalue weighted by molar-refractivity contribution is -0.0301. The maximum absolute atomic E-state index is 12.0. The van der Waals surface area contributed by atoms with Gasteiger partial charge in [0.05, 0.1) is 12.7 Å². The minimum absolute atomic E-state index is 0.0496. The number of rotatable bonds is 2. The molecule has 1 saturated heterocycles. The molecule has 1 amide bonds. The zero-order valence-corrected chi connectivity index (χ0v) is 9.22. The van der Waals surface area contributed by atoms with E-state index in [-0.39, 0.29) is 18.1 Å². The third kappa shape index (κ3) is 2.23. The highest BCUT2D eigenvalue weighted by Gasteiger charge is 2.27. The summed E-state index contributed by atoms with van der Waals surface area (Å²) in [4.78, 5) is 13.7. The van der Waals surface area contributed by atoms with Gasteiger partial charge in [-0.15, -0.1) is 0 Å². The van der Waals surface area contributed by atoms with Gasteiger partial charge in [0.15, 0.2) is 0 Å². The highest BCUT2D eigenvalue weighted by atomic mass is 16.5. The number of aromatic nitrogens is 2. The van der Waals surface area contributed by atoms with Gasteiger partial charge in [-0.2, -0.15) is 5.10 Å². The molecule has 1 aromatic rings. The summed E-state index contributed by atoms with van der Waals surface area (Å²) in [5.41, 5.74) is 6.27. The highest BCUT2D eigenvalue weighted by molar-refractivity contribution is 5.92. The molecule has 0 spiro atoms. The minimum Gasteiger partial charge on any atom is -0.373 e. The maximum Gasteiger partial charge on any atom is 0.272 e. The van der Waals surface area contributed by atoms with Crippen molar-refractivity contribution >= 4 is 5.91 Å². The normalized spacial score (nSPS) is 23.1. The number of ether oxygens (including phenoxy) is 1. The summed E-state index contributed by atoms with van der Waals surface area (Å²) in [6.07, 6.45) is 1.48. The van der Waals surface area contributed by atoms with Gasteiger partial charge in [-0.25, -0.2) is 0 Å². The first kappa shape index (κ1) is 11.1. The number of carbonyl (C=O) groups excluding carboxylic acids is 1. The molecular weight excluding hydrogens is 208 g/mol. The van der Waals surface area contributed by atoms with Gasteiger partial charge in [-0.1, -0.05) is 0 Å². The van der Waals surface area contributed by atoms with Crippen LogP contribution in [0.2, 0.25) is 0 Å². The fourth-order valence-electron chi connectivity index (χ4n) is 1.72. The van der Waals surface area contributed by atoms with Gasteiger partial charge >= 0.3 is 0 Å². The van der Waals surface area contributed by atoms with Crippen molar-refractivity contribution in [1.82, 2.24) is 15.1 Å². The predicted octanol–water partition coefficient (Wildman–Crippen LogP) is -0.402. The molecule has 1 fully saturated rings. The summed E-state index contributed by atoms with van der Waals surface area (Å²) >= 11 is 0. The summed E-state index contributed by atoms with van der Waals surface area (Å²) in [6.45, 7) is 3.55. The number of aromatic amines is 1. The van der Waals surface area contributed by atoms with E-state index in [1.54, 1.807) is 17.2 Å². The molecule has 0 radical (unpaired) electrons. The van der Waals surface area contributed by atoms with E-state index in [4.69, 9.17) is 10.5 Å². The molecule has 0 aliphatic carbocycles. The van der Waals surface area contributed by atoms with Crippen molar-refractivity contribution in [2.75, 3.05) is 19.7 Å². The monoisotopic (exact) mass is 224 g/mol. The Balaban J connectivity index is 2.02. The van der Waals surface area contributed by atoms with Crippen molar-refractivity contribution in [2.45, 2.75) is 19.1 Å². The van der Waals surface area contributed by atoms with E-state index < -0.39 is 0 Å². The zero-order valence-electron chi connectivity index (χ0n) is 9.22. The molecule has 1 aliphatic heterocycles. The second-order valence-corrected chi connectivity index (χ2v) is 3.99. The molecule has 0 aromatic carbocycles. The number of amides is 1. The van der Waals surface area contributed by atoms with E-state index in [9.17, 15) is 4.79 Å². The van der Waals surface area contributed by atoms with Gasteiger partial charge in [-0.3, -0.25) is 9.89 Å². The van der Waals surface area contributed by atoms with Crippen LogP contribution in [0, 0.1) is 0 Å². The Morgan fingerprint density at radius 1 is 1.81 bits per heavy atom. The molecule has 6 heteroatoms. The molecule has 1 aliphatic rings. The molecule has 16 heavy (non-hydrogen) atoms. The summed E-state index contributed by atoms with van der Waals surface area (Å²) in [5.74, 6) is -0.0496. The summed E-state index contributed by atoms with van der Waals surface area (Å²) in [6, 6.07) is 1.59. The lowest BCUT2D eigenvalue weighted by atomic mass is 10.1. The molecule has 1 aromatic heterocycles. The van der Waals surface area contributed by atoms with Gasteiger partial charge < -0.3 is 15.4 Å².